The van der Waals surface area contributed by atoms with Crippen molar-refractivity contribution in [3.8, 4) is 0 Å². The lowest BCUT2D eigenvalue weighted by atomic mass is 10.1. The molecule has 5 heteroatoms. The molecule has 94 valence electrons. The molecule has 3 N–H and O–H groups in total. The van der Waals surface area contributed by atoms with E-state index in [2.05, 4.69) is 21.2 Å². The van der Waals surface area contributed by atoms with Crippen LogP contribution >= 0.6 is 15.9 Å². The molecule has 1 rings (SSSR count). The zero-order valence-corrected chi connectivity index (χ0v) is 11.6. The molecule has 0 saturated heterocycles. The molecule has 0 aromatic heterocycles. The van der Waals surface area contributed by atoms with Gasteiger partial charge in [-0.15, -0.1) is 0 Å². The number of hydrogen-bond donors (Lipinski definition) is 2. The minimum absolute atomic E-state index is 0.0312. The molecule has 0 radical (unpaired) electrons. The van der Waals surface area contributed by atoms with Crippen LogP contribution in [0.15, 0.2) is 22.7 Å². The van der Waals surface area contributed by atoms with Gasteiger partial charge in [-0.2, -0.15) is 0 Å². The first kappa shape index (κ1) is 14.0. The predicted molar refractivity (Wildman–Crippen MR) is 72.8 cm³/mol. The number of anilines is 2. The number of benzene rings is 1. The number of amides is 1. The Hall–Kier alpha value is -1.07. The Morgan fingerprint density at radius 1 is 1.59 bits per heavy atom. The summed E-state index contributed by atoms with van der Waals surface area (Å²) in [5.41, 5.74) is 7.04. The van der Waals surface area contributed by atoms with Gasteiger partial charge in [0.1, 0.15) is 0 Å². The van der Waals surface area contributed by atoms with Gasteiger partial charge >= 0.3 is 0 Å². The molecule has 1 amide bonds. The van der Waals surface area contributed by atoms with Gasteiger partial charge in [-0.05, 0) is 40.0 Å². The molecular formula is C12H17BrN2O2. The summed E-state index contributed by atoms with van der Waals surface area (Å²) >= 11 is 3.30. The van der Waals surface area contributed by atoms with E-state index >= 15 is 0 Å². The molecule has 0 aliphatic heterocycles. The Labute approximate surface area is 110 Å². The van der Waals surface area contributed by atoms with Crippen molar-refractivity contribution in [2.75, 3.05) is 24.8 Å². The van der Waals surface area contributed by atoms with Gasteiger partial charge in [0, 0.05) is 36.0 Å². The van der Waals surface area contributed by atoms with Crippen LogP contribution in [0.4, 0.5) is 11.4 Å². The Balaban J connectivity index is 2.53. The number of methoxy groups -OCH3 is 1. The number of rotatable bonds is 5. The van der Waals surface area contributed by atoms with Crippen molar-refractivity contribution in [2.24, 2.45) is 5.92 Å². The topological polar surface area (TPSA) is 64.3 Å². The Kier molecular flexibility index (Phi) is 5.44. The standard InChI is InChI=1S/C12H17BrN2O2/c1-8(7-17-2)5-12(16)15-9-3-4-10(13)11(14)6-9/h3-4,6,8H,5,7,14H2,1-2H3,(H,15,16). The van der Waals surface area contributed by atoms with E-state index in [1.807, 2.05) is 13.0 Å². The summed E-state index contributed by atoms with van der Waals surface area (Å²) in [5.74, 6) is 0.170. The van der Waals surface area contributed by atoms with E-state index in [0.29, 0.717) is 24.4 Å². The highest BCUT2D eigenvalue weighted by Crippen LogP contribution is 2.23. The van der Waals surface area contributed by atoms with Crippen LogP contribution in [0.3, 0.4) is 0 Å². The molecule has 1 atom stereocenters. The van der Waals surface area contributed by atoms with Gasteiger partial charge in [0.05, 0.1) is 0 Å². The molecule has 17 heavy (non-hydrogen) atoms. The zero-order valence-electron chi connectivity index (χ0n) is 10.00. The molecule has 0 fully saturated rings. The number of hydrogen-bond acceptors (Lipinski definition) is 3. The molecule has 1 aromatic carbocycles. The maximum atomic E-state index is 11.7. The van der Waals surface area contributed by atoms with Crippen molar-refractivity contribution in [1.29, 1.82) is 0 Å². The van der Waals surface area contributed by atoms with Gasteiger partial charge in [-0.3, -0.25) is 4.79 Å². The summed E-state index contributed by atoms with van der Waals surface area (Å²) < 4.78 is 5.81. The third kappa shape index (κ3) is 4.75. The first-order chi connectivity index (χ1) is 8.02. The molecule has 0 bridgehead atoms. The van der Waals surface area contributed by atoms with Crippen LogP contribution in [0.5, 0.6) is 0 Å². The minimum Gasteiger partial charge on any atom is -0.398 e. The zero-order chi connectivity index (χ0) is 12.8. The van der Waals surface area contributed by atoms with Crippen LogP contribution in [0.25, 0.3) is 0 Å². The number of halogens is 1. The SMILES string of the molecule is COCC(C)CC(=O)Nc1ccc(Br)c(N)c1. The molecule has 0 aliphatic carbocycles. The lowest BCUT2D eigenvalue weighted by molar-refractivity contribution is -0.117. The van der Waals surface area contributed by atoms with Gasteiger partial charge in [0.15, 0.2) is 0 Å². The maximum Gasteiger partial charge on any atom is 0.224 e. The van der Waals surface area contributed by atoms with E-state index in [4.69, 9.17) is 10.5 Å². The summed E-state index contributed by atoms with van der Waals surface area (Å²) in [5, 5.41) is 2.80. The highest BCUT2D eigenvalue weighted by molar-refractivity contribution is 9.10. The van der Waals surface area contributed by atoms with Crippen molar-refractivity contribution >= 4 is 33.2 Å². The molecule has 0 aliphatic rings. The predicted octanol–water partition coefficient (Wildman–Crippen LogP) is 2.64. The van der Waals surface area contributed by atoms with Gasteiger partial charge in [-0.1, -0.05) is 6.92 Å². The molecule has 0 heterocycles. The molecule has 1 aromatic rings. The fourth-order valence-electron chi connectivity index (χ4n) is 1.49. The summed E-state index contributed by atoms with van der Waals surface area (Å²) in [7, 11) is 1.63. The lowest BCUT2D eigenvalue weighted by Crippen LogP contribution is -2.17. The van der Waals surface area contributed by atoms with E-state index in [0.717, 1.165) is 4.47 Å². The van der Waals surface area contributed by atoms with Crippen molar-refractivity contribution in [3.63, 3.8) is 0 Å². The van der Waals surface area contributed by atoms with E-state index in [9.17, 15) is 4.79 Å². The monoisotopic (exact) mass is 300 g/mol. The van der Waals surface area contributed by atoms with Gasteiger partial charge in [0.25, 0.3) is 0 Å². The number of nitrogens with one attached hydrogen (secondary N) is 1. The highest BCUT2D eigenvalue weighted by atomic mass is 79.9. The fraction of sp³-hybridized carbons (Fsp3) is 0.417. The number of carbonyl (C=O) groups excluding carboxylic acids is 1. The Morgan fingerprint density at radius 2 is 2.29 bits per heavy atom. The third-order valence-electron chi connectivity index (χ3n) is 2.26. The average molecular weight is 301 g/mol. The number of ether oxygens (including phenoxy) is 1. The number of nitrogens with two attached hydrogens (primary N) is 1. The van der Waals surface area contributed by atoms with Gasteiger partial charge in [0.2, 0.25) is 5.91 Å². The van der Waals surface area contributed by atoms with Crippen molar-refractivity contribution in [2.45, 2.75) is 13.3 Å². The molecule has 1 unspecified atom stereocenters. The number of nitrogen functional groups attached to an aromatic ring is 1. The van der Waals surface area contributed by atoms with Crippen LogP contribution in [0, 0.1) is 5.92 Å². The Morgan fingerprint density at radius 3 is 2.88 bits per heavy atom. The molecule has 0 saturated carbocycles. The summed E-state index contributed by atoms with van der Waals surface area (Å²) in [4.78, 5) is 11.7. The molecule has 0 spiro atoms. The quantitative estimate of drug-likeness (QED) is 0.822. The smallest absolute Gasteiger partial charge is 0.224 e. The lowest BCUT2D eigenvalue weighted by Gasteiger charge is -2.11. The van der Waals surface area contributed by atoms with Crippen molar-refractivity contribution < 1.29 is 9.53 Å². The van der Waals surface area contributed by atoms with Crippen LogP contribution in [0.2, 0.25) is 0 Å². The second kappa shape index (κ2) is 6.61. The van der Waals surface area contributed by atoms with E-state index in [1.165, 1.54) is 0 Å². The first-order valence-corrected chi connectivity index (χ1v) is 6.16. The van der Waals surface area contributed by atoms with E-state index in [1.54, 1.807) is 19.2 Å². The van der Waals surface area contributed by atoms with E-state index < -0.39 is 0 Å². The van der Waals surface area contributed by atoms with Crippen LogP contribution < -0.4 is 11.1 Å². The first-order valence-electron chi connectivity index (χ1n) is 5.36. The van der Waals surface area contributed by atoms with Crippen molar-refractivity contribution in [3.05, 3.63) is 22.7 Å². The van der Waals surface area contributed by atoms with Crippen LogP contribution in [0.1, 0.15) is 13.3 Å². The molecule has 4 nitrogen and oxygen atoms in total. The minimum atomic E-state index is -0.0312. The summed E-state index contributed by atoms with van der Waals surface area (Å²) in [6.07, 6.45) is 0.434. The maximum absolute atomic E-state index is 11.7. The normalized spacial score (nSPS) is 12.2. The van der Waals surface area contributed by atoms with E-state index in [-0.39, 0.29) is 11.8 Å². The van der Waals surface area contributed by atoms with Gasteiger partial charge in [-0.25, -0.2) is 0 Å². The second-order valence-corrected chi connectivity index (χ2v) is 4.90. The summed E-state index contributed by atoms with van der Waals surface area (Å²) in [6.45, 7) is 2.55. The van der Waals surface area contributed by atoms with Crippen molar-refractivity contribution in [1.82, 2.24) is 0 Å². The third-order valence-corrected chi connectivity index (χ3v) is 2.99. The van der Waals surface area contributed by atoms with Crippen LogP contribution in [-0.2, 0) is 9.53 Å². The largest absolute Gasteiger partial charge is 0.398 e. The van der Waals surface area contributed by atoms with Crippen LogP contribution in [-0.4, -0.2) is 19.6 Å². The highest BCUT2D eigenvalue weighted by Gasteiger charge is 2.09. The summed E-state index contributed by atoms with van der Waals surface area (Å²) in [6, 6.07) is 5.34. The second-order valence-electron chi connectivity index (χ2n) is 4.05. The molecular weight excluding hydrogens is 284 g/mol. The average Bonchev–Trinajstić information content (AvgIpc) is 2.23. The number of carbonyl (C=O) groups is 1. The fourth-order valence-corrected chi connectivity index (χ4v) is 1.74. The van der Waals surface area contributed by atoms with Gasteiger partial charge < -0.3 is 15.8 Å². The Bertz CT molecular complexity index is 396.